The second-order valence-corrected chi connectivity index (χ2v) is 7.28. The summed E-state index contributed by atoms with van der Waals surface area (Å²) >= 11 is 0. The number of carbonyl (C=O) groups excluding carboxylic acids is 2. The number of rotatable bonds is 7. The minimum absolute atomic E-state index is 0.152. The van der Waals surface area contributed by atoms with Crippen LogP contribution in [0, 0.1) is 6.92 Å². The predicted octanol–water partition coefficient (Wildman–Crippen LogP) is 3.59. The van der Waals surface area contributed by atoms with Gasteiger partial charge >= 0.3 is 5.97 Å². The number of carbonyl (C=O) groups is 2. The van der Waals surface area contributed by atoms with Crippen molar-refractivity contribution in [1.29, 1.82) is 0 Å². The van der Waals surface area contributed by atoms with Crippen LogP contribution in [0.5, 0.6) is 11.5 Å². The summed E-state index contributed by atoms with van der Waals surface area (Å²) < 4.78 is 16.8. The fraction of sp³-hybridized carbons (Fsp3) is 0.292. The quantitative estimate of drug-likeness (QED) is 0.503. The number of benzene rings is 2. The van der Waals surface area contributed by atoms with Crippen LogP contribution in [-0.4, -0.2) is 49.5 Å². The molecule has 1 atom stereocenters. The fourth-order valence-corrected chi connectivity index (χ4v) is 3.08. The number of aliphatic imine (C=N–C) groups is 1. The van der Waals surface area contributed by atoms with Crippen molar-refractivity contribution in [2.75, 3.05) is 20.7 Å². The van der Waals surface area contributed by atoms with Gasteiger partial charge < -0.3 is 19.1 Å². The highest BCUT2D eigenvalue weighted by molar-refractivity contribution is 6.13. The SMILES string of the molecule is CCOc1cc(/C=C2\N=C(c3ccccc3C)OC2=O)ccc1OC(C)C(=O)N(C)C. The molecule has 0 N–H and O–H groups in total. The highest BCUT2D eigenvalue weighted by atomic mass is 16.6. The van der Waals surface area contributed by atoms with E-state index in [4.69, 9.17) is 14.2 Å². The topological polar surface area (TPSA) is 77.4 Å². The molecule has 0 bridgehead atoms. The monoisotopic (exact) mass is 422 g/mol. The van der Waals surface area contributed by atoms with Crippen LogP contribution in [0.2, 0.25) is 0 Å². The number of amides is 1. The summed E-state index contributed by atoms with van der Waals surface area (Å²) in [5.41, 5.74) is 2.64. The number of esters is 1. The summed E-state index contributed by atoms with van der Waals surface area (Å²) in [6, 6.07) is 12.8. The Kier molecular flexibility index (Phi) is 6.74. The van der Waals surface area contributed by atoms with E-state index in [1.165, 1.54) is 4.90 Å². The minimum atomic E-state index is -0.663. The van der Waals surface area contributed by atoms with E-state index in [2.05, 4.69) is 4.99 Å². The van der Waals surface area contributed by atoms with Gasteiger partial charge in [-0.2, -0.15) is 0 Å². The highest BCUT2D eigenvalue weighted by Gasteiger charge is 2.25. The van der Waals surface area contributed by atoms with Crippen LogP contribution >= 0.6 is 0 Å². The van der Waals surface area contributed by atoms with Crippen LogP contribution in [0.15, 0.2) is 53.2 Å². The number of likely N-dealkylation sites (N-methyl/N-ethyl adjacent to an activating group) is 1. The van der Waals surface area contributed by atoms with E-state index in [0.29, 0.717) is 23.7 Å². The first kappa shape index (κ1) is 22.1. The molecule has 1 unspecified atom stereocenters. The van der Waals surface area contributed by atoms with Crippen molar-refractivity contribution in [3.63, 3.8) is 0 Å². The van der Waals surface area contributed by atoms with E-state index in [1.807, 2.05) is 38.1 Å². The summed E-state index contributed by atoms with van der Waals surface area (Å²) in [6.45, 7) is 5.90. The van der Waals surface area contributed by atoms with Crippen molar-refractivity contribution in [3.05, 3.63) is 64.9 Å². The van der Waals surface area contributed by atoms with Crippen molar-refractivity contribution in [2.45, 2.75) is 26.9 Å². The maximum Gasteiger partial charge on any atom is 0.363 e. The maximum absolute atomic E-state index is 12.3. The number of aryl methyl sites for hydroxylation is 1. The lowest BCUT2D eigenvalue weighted by Crippen LogP contribution is -2.35. The molecule has 0 aromatic heterocycles. The summed E-state index contributed by atoms with van der Waals surface area (Å²) in [7, 11) is 3.35. The molecule has 2 aromatic carbocycles. The number of hydrogen-bond donors (Lipinski definition) is 0. The van der Waals surface area contributed by atoms with E-state index >= 15 is 0 Å². The zero-order valence-electron chi connectivity index (χ0n) is 18.3. The lowest BCUT2D eigenvalue weighted by Gasteiger charge is -2.20. The van der Waals surface area contributed by atoms with Crippen LogP contribution in [0.4, 0.5) is 0 Å². The molecular weight excluding hydrogens is 396 g/mol. The van der Waals surface area contributed by atoms with Crippen LogP contribution in [0.3, 0.4) is 0 Å². The van der Waals surface area contributed by atoms with Gasteiger partial charge in [0.25, 0.3) is 5.91 Å². The molecule has 0 saturated heterocycles. The van der Waals surface area contributed by atoms with Crippen molar-refractivity contribution in [1.82, 2.24) is 4.90 Å². The number of cyclic esters (lactones) is 1. The largest absolute Gasteiger partial charge is 0.490 e. The van der Waals surface area contributed by atoms with Gasteiger partial charge in [0.05, 0.1) is 6.61 Å². The van der Waals surface area contributed by atoms with Crippen LogP contribution in [0.25, 0.3) is 6.08 Å². The first-order valence-electron chi connectivity index (χ1n) is 10.0. The average Bonchev–Trinajstić information content (AvgIpc) is 3.09. The van der Waals surface area contributed by atoms with Gasteiger partial charge in [0.1, 0.15) is 0 Å². The molecule has 7 nitrogen and oxygen atoms in total. The molecule has 31 heavy (non-hydrogen) atoms. The Morgan fingerprint density at radius 3 is 2.61 bits per heavy atom. The Labute approximate surface area is 181 Å². The summed E-state index contributed by atoms with van der Waals surface area (Å²) in [5, 5.41) is 0. The molecule has 1 amide bonds. The standard InChI is InChI=1S/C24H26N2O5/c1-6-29-21-14-17(11-12-20(21)30-16(3)23(27)26(4)5)13-19-24(28)31-22(25-19)18-10-8-7-9-15(18)2/h7-14,16H,6H2,1-5H3/b19-13-. The van der Waals surface area contributed by atoms with Crippen molar-refractivity contribution >= 4 is 23.9 Å². The molecule has 0 spiro atoms. The second kappa shape index (κ2) is 9.47. The number of hydrogen-bond acceptors (Lipinski definition) is 6. The molecule has 0 radical (unpaired) electrons. The third-order valence-electron chi connectivity index (χ3n) is 4.66. The maximum atomic E-state index is 12.3. The smallest absolute Gasteiger partial charge is 0.363 e. The average molecular weight is 422 g/mol. The molecule has 0 saturated carbocycles. The van der Waals surface area contributed by atoms with Gasteiger partial charge in [0.15, 0.2) is 23.3 Å². The fourth-order valence-electron chi connectivity index (χ4n) is 3.08. The second-order valence-electron chi connectivity index (χ2n) is 7.28. The van der Waals surface area contributed by atoms with E-state index in [-0.39, 0.29) is 17.5 Å². The number of ether oxygens (including phenoxy) is 3. The molecule has 1 aliphatic rings. The normalized spacial score (nSPS) is 15.3. The van der Waals surface area contributed by atoms with Crippen molar-refractivity contribution in [2.24, 2.45) is 4.99 Å². The van der Waals surface area contributed by atoms with E-state index < -0.39 is 12.1 Å². The molecule has 1 aliphatic heterocycles. The Hall–Kier alpha value is -3.61. The molecular formula is C24H26N2O5. The number of nitrogens with zero attached hydrogens (tertiary/aromatic N) is 2. The first-order chi connectivity index (χ1) is 14.8. The molecule has 0 aliphatic carbocycles. The van der Waals surface area contributed by atoms with Crippen LogP contribution in [-0.2, 0) is 14.3 Å². The van der Waals surface area contributed by atoms with Crippen LogP contribution < -0.4 is 9.47 Å². The molecule has 0 fully saturated rings. The highest BCUT2D eigenvalue weighted by Crippen LogP contribution is 2.31. The zero-order chi connectivity index (χ0) is 22.5. The van der Waals surface area contributed by atoms with Gasteiger partial charge in [-0.15, -0.1) is 0 Å². The van der Waals surface area contributed by atoms with Gasteiger partial charge in [-0.05, 0) is 56.2 Å². The third-order valence-corrected chi connectivity index (χ3v) is 4.66. The molecule has 1 heterocycles. The van der Waals surface area contributed by atoms with Crippen molar-refractivity contribution < 1.29 is 23.8 Å². The van der Waals surface area contributed by atoms with Gasteiger partial charge in [-0.1, -0.05) is 24.3 Å². The molecule has 3 rings (SSSR count). The van der Waals surface area contributed by atoms with E-state index in [9.17, 15) is 9.59 Å². The van der Waals surface area contributed by atoms with Crippen molar-refractivity contribution in [3.8, 4) is 11.5 Å². The lowest BCUT2D eigenvalue weighted by molar-refractivity contribution is -0.135. The Bertz CT molecular complexity index is 1060. The molecule has 162 valence electrons. The molecule has 2 aromatic rings. The van der Waals surface area contributed by atoms with Gasteiger partial charge in [-0.3, -0.25) is 4.79 Å². The van der Waals surface area contributed by atoms with Gasteiger partial charge in [0, 0.05) is 19.7 Å². The van der Waals surface area contributed by atoms with E-state index in [1.54, 1.807) is 45.3 Å². The zero-order valence-corrected chi connectivity index (χ0v) is 18.3. The van der Waals surface area contributed by atoms with Gasteiger partial charge in [0.2, 0.25) is 5.90 Å². The first-order valence-corrected chi connectivity index (χ1v) is 10.0. The summed E-state index contributed by atoms with van der Waals surface area (Å²) in [5.74, 6) is 0.548. The Morgan fingerprint density at radius 2 is 1.94 bits per heavy atom. The molecule has 7 heteroatoms. The Morgan fingerprint density at radius 1 is 1.19 bits per heavy atom. The summed E-state index contributed by atoms with van der Waals surface area (Å²) in [4.78, 5) is 30.3. The Balaban J connectivity index is 1.88. The van der Waals surface area contributed by atoms with Gasteiger partial charge in [-0.25, -0.2) is 9.79 Å². The third kappa shape index (κ3) is 5.12. The summed E-state index contributed by atoms with van der Waals surface area (Å²) in [6.07, 6.45) is 0.971. The predicted molar refractivity (Wildman–Crippen MR) is 118 cm³/mol. The van der Waals surface area contributed by atoms with Crippen LogP contribution in [0.1, 0.15) is 30.5 Å². The van der Waals surface area contributed by atoms with E-state index in [0.717, 1.165) is 11.1 Å². The minimum Gasteiger partial charge on any atom is -0.490 e. The lowest BCUT2D eigenvalue weighted by atomic mass is 10.1.